The summed E-state index contributed by atoms with van der Waals surface area (Å²) >= 11 is 1.70. The highest BCUT2D eigenvalue weighted by Gasteiger charge is 2.19. The summed E-state index contributed by atoms with van der Waals surface area (Å²) in [6.45, 7) is 3.27. The number of aryl methyl sites for hydroxylation is 1. The van der Waals surface area contributed by atoms with Gasteiger partial charge in [0, 0.05) is 28.9 Å². The maximum Gasteiger partial charge on any atom is 0.372 e. The van der Waals surface area contributed by atoms with Crippen LogP contribution in [-0.2, 0) is 13.1 Å². The van der Waals surface area contributed by atoms with E-state index in [1.807, 2.05) is 18.2 Å². The van der Waals surface area contributed by atoms with Crippen LogP contribution in [-0.4, -0.2) is 11.1 Å². The number of hydrogen-bond donors (Lipinski definition) is 2. The van der Waals surface area contributed by atoms with Gasteiger partial charge in [0.25, 0.3) is 0 Å². The summed E-state index contributed by atoms with van der Waals surface area (Å²) in [7, 11) is 0. The molecule has 3 aromatic rings. The van der Waals surface area contributed by atoms with Crippen LogP contribution in [0.25, 0.3) is 11.0 Å². The van der Waals surface area contributed by atoms with E-state index in [0.717, 1.165) is 11.9 Å². The Morgan fingerprint density at radius 2 is 2.10 bits per heavy atom. The topological polar surface area (TPSA) is 62.5 Å². The standard InChI is InChI=1S/C16H15NO3S/c1-10-6-7-21-14(10)9-17-8-12-11-4-2-3-5-13(11)20-15(12)16(18)19/h2-7,17H,8-9H2,1H3,(H,18,19). The first-order valence-corrected chi connectivity index (χ1v) is 7.52. The van der Waals surface area contributed by atoms with Crippen LogP contribution in [0, 0.1) is 6.92 Å². The van der Waals surface area contributed by atoms with Gasteiger partial charge in [0.15, 0.2) is 0 Å². The molecule has 2 aromatic heterocycles. The molecule has 0 aliphatic rings. The summed E-state index contributed by atoms with van der Waals surface area (Å²) < 4.78 is 5.44. The zero-order valence-corrected chi connectivity index (χ0v) is 12.4. The zero-order valence-electron chi connectivity index (χ0n) is 11.6. The van der Waals surface area contributed by atoms with Gasteiger partial charge in [-0.05, 0) is 30.0 Å². The predicted molar refractivity (Wildman–Crippen MR) is 82.8 cm³/mol. The number of thiophene rings is 1. The van der Waals surface area contributed by atoms with Crippen LogP contribution in [0.3, 0.4) is 0 Å². The predicted octanol–water partition coefficient (Wildman–Crippen LogP) is 3.79. The van der Waals surface area contributed by atoms with Crippen molar-refractivity contribution in [3.05, 3.63) is 57.5 Å². The average molecular weight is 301 g/mol. The summed E-state index contributed by atoms with van der Waals surface area (Å²) in [5.74, 6) is -1.01. The summed E-state index contributed by atoms with van der Waals surface area (Å²) in [6.07, 6.45) is 0. The van der Waals surface area contributed by atoms with Crippen molar-refractivity contribution in [2.75, 3.05) is 0 Å². The van der Waals surface area contributed by atoms with Crippen LogP contribution in [0.4, 0.5) is 0 Å². The van der Waals surface area contributed by atoms with Crippen LogP contribution in [0.15, 0.2) is 40.1 Å². The molecule has 0 amide bonds. The minimum Gasteiger partial charge on any atom is -0.475 e. The van der Waals surface area contributed by atoms with Crippen LogP contribution < -0.4 is 5.32 Å². The molecule has 0 aliphatic heterocycles. The largest absolute Gasteiger partial charge is 0.475 e. The Kier molecular flexibility index (Phi) is 3.77. The number of benzene rings is 1. The Balaban J connectivity index is 1.84. The fourth-order valence-corrected chi connectivity index (χ4v) is 3.21. The van der Waals surface area contributed by atoms with Gasteiger partial charge in [-0.15, -0.1) is 11.3 Å². The first-order chi connectivity index (χ1) is 10.2. The van der Waals surface area contributed by atoms with Crippen LogP contribution in [0.2, 0.25) is 0 Å². The van der Waals surface area contributed by atoms with E-state index >= 15 is 0 Å². The fourth-order valence-electron chi connectivity index (χ4n) is 2.33. The Labute approximate surface area is 126 Å². The monoisotopic (exact) mass is 301 g/mol. The normalized spacial score (nSPS) is 11.1. The van der Waals surface area contributed by atoms with Gasteiger partial charge in [0.05, 0.1) is 0 Å². The van der Waals surface area contributed by atoms with Crippen molar-refractivity contribution in [3.8, 4) is 0 Å². The van der Waals surface area contributed by atoms with E-state index in [1.165, 1.54) is 10.4 Å². The Bertz CT molecular complexity index is 788. The number of hydrogen-bond acceptors (Lipinski definition) is 4. The zero-order chi connectivity index (χ0) is 14.8. The third kappa shape index (κ3) is 2.70. The number of carbonyl (C=O) groups is 1. The van der Waals surface area contributed by atoms with Gasteiger partial charge in [0.1, 0.15) is 5.58 Å². The summed E-state index contributed by atoms with van der Waals surface area (Å²) in [5, 5.41) is 15.5. The quantitative estimate of drug-likeness (QED) is 0.752. The number of aromatic carboxylic acids is 1. The molecular formula is C16H15NO3S. The lowest BCUT2D eigenvalue weighted by Crippen LogP contribution is -2.14. The lowest BCUT2D eigenvalue weighted by Gasteiger charge is -2.04. The molecule has 0 spiro atoms. The molecule has 0 atom stereocenters. The van der Waals surface area contributed by atoms with E-state index in [1.54, 1.807) is 17.4 Å². The number of nitrogens with one attached hydrogen (secondary N) is 1. The van der Waals surface area contributed by atoms with Gasteiger partial charge in [-0.1, -0.05) is 18.2 Å². The second-order valence-electron chi connectivity index (χ2n) is 4.84. The minimum absolute atomic E-state index is 0.0200. The third-order valence-electron chi connectivity index (χ3n) is 3.45. The molecule has 0 bridgehead atoms. The van der Waals surface area contributed by atoms with E-state index < -0.39 is 5.97 Å². The van der Waals surface area contributed by atoms with Crippen molar-refractivity contribution >= 4 is 28.3 Å². The van der Waals surface area contributed by atoms with Gasteiger partial charge in [0.2, 0.25) is 5.76 Å². The van der Waals surface area contributed by atoms with Crippen molar-refractivity contribution in [2.24, 2.45) is 0 Å². The van der Waals surface area contributed by atoms with E-state index in [2.05, 4.69) is 23.7 Å². The highest BCUT2D eigenvalue weighted by molar-refractivity contribution is 7.10. The van der Waals surface area contributed by atoms with E-state index in [0.29, 0.717) is 17.7 Å². The number of rotatable bonds is 5. The van der Waals surface area contributed by atoms with E-state index in [-0.39, 0.29) is 5.76 Å². The summed E-state index contributed by atoms with van der Waals surface area (Å²) in [4.78, 5) is 12.6. The molecule has 0 saturated carbocycles. The SMILES string of the molecule is Cc1ccsc1CNCc1c(C(=O)O)oc2ccccc12. The van der Waals surface area contributed by atoms with Gasteiger partial charge in [-0.3, -0.25) is 0 Å². The first kappa shape index (κ1) is 13.9. The van der Waals surface area contributed by atoms with Crippen molar-refractivity contribution < 1.29 is 14.3 Å². The lowest BCUT2D eigenvalue weighted by atomic mass is 10.1. The number of furan rings is 1. The molecule has 2 heterocycles. The third-order valence-corrected chi connectivity index (χ3v) is 4.47. The molecule has 5 heteroatoms. The fraction of sp³-hybridized carbons (Fsp3) is 0.188. The van der Waals surface area contributed by atoms with Crippen molar-refractivity contribution in [1.82, 2.24) is 5.32 Å². The Morgan fingerprint density at radius 3 is 2.81 bits per heavy atom. The van der Waals surface area contributed by atoms with Gasteiger partial charge in [-0.2, -0.15) is 0 Å². The molecule has 1 aromatic carbocycles. The van der Waals surface area contributed by atoms with Crippen LogP contribution in [0.1, 0.15) is 26.6 Å². The molecule has 2 N–H and O–H groups in total. The number of fused-ring (bicyclic) bond motifs is 1. The Morgan fingerprint density at radius 1 is 1.29 bits per heavy atom. The highest BCUT2D eigenvalue weighted by atomic mass is 32.1. The molecule has 0 saturated heterocycles. The van der Waals surface area contributed by atoms with E-state index in [4.69, 9.17) is 4.42 Å². The molecule has 108 valence electrons. The highest BCUT2D eigenvalue weighted by Crippen LogP contribution is 2.26. The number of carboxylic acid groups (broad SMARTS) is 1. The summed E-state index contributed by atoms with van der Waals surface area (Å²) in [5.41, 5.74) is 2.56. The molecule has 3 rings (SSSR count). The first-order valence-electron chi connectivity index (χ1n) is 6.64. The number of para-hydroxylation sites is 1. The molecule has 0 unspecified atom stereocenters. The molecule has 0 radical (unpaired) electrons. The van der Waals surface area contributed by atoms with Crippen molar-refractivity contribution in [1.29, 1.82) is 0 Å². The molecule has 0 fully saturated rings. The van der Waals surface area contributed by atoms with Gasteiger partial charge >= 0.3 is 5.97 Å². The van der Waals surface area contributed by atoms with Crippen LogP contribution in [0.5, 0.6) is 0 Å². The maximum atomic E-state index is 11.3. The molecule has 21 heavy (non-hydrogen) atoms. The second kappa shape index (κ2) is 5.71. The minimum atomic E-state index is -1.03. The number of carboxylic acids is 1. The second-order valence-corrected chi connectivity index (χ2v) is 5.84. The average Bonchev–Trinajstić information content (AvgIpc) is 3.04. The molecule has 4 nitrogen and oxygen atoms in total. The van der Waals surface area contributed by atoms with Crippen LogP contribution >= 0.6 is 11.3 Å². The van der Waals surface area contributed by atoms with Crippen molar-refractivity contribution in [2.45, 2.75) is 20.0 Å². The van der Waals surface area contributed by atoms with Gasteiger partial charge in [-0.25, -0.2) is 4.79 Å². The molecular weight excluding hydrogens is 286 g/mol. The maximum absolute atomic E-state index is 11.3. The summed E-state index contributed by atoms with van der Waals surface area (Å²) in [6, 6.07) is 9.48. The van der Waals surface area contributed by atoms with Gasteiger partial charge < -0.3 is 14.8 Å². The van der Waals surface area contributed by atoms with E-state index in [9.17, 15) is 9.90 Å². The molecule has 0 aliphatic carbocycles. The lowest BCUT2D eigenvalue weighted by molar-refractivity contribution is 0.0663. The smallest absolute Gasteiger partial charge is 0.372 e. The van der Waals surface area contributed by atoms with Crippen molar-refractivity contribution in [3.63, 3.8) is 0 Å². The Hall–Kier alpha value is -2.11.